The summed E-state index contributed by atoms with van der Waals surface area (Å²) in [6.07, 6.45) is 15.2. The van der Waals surface area contributed by atoms with Crippen LogP contribution in [0, 0.1) is 5.41 Å². The molecule has 0 amide bonds. The summed E-state index contributed by atoms with van der Waals surface area (Å²) >= 11 is 0. The van der Waals surface area contributed by atoms with Crippen LogP contribution in [0.1, 0.15) is 59.4 Å². The molecular formula is C27H36O2. The summed E-state index contributed by atoms with van der Waals surface area (Å²) < 4.78 is 5.47. The molecule has 156 valence electrons. The summed E-state index contributed by atoms with van der Waals surface area (Å²) in [5, 5.41) is 10.0. The summed E-state index contributed by atoms with van der Waals surface area (Å²) in [5.41, 5.74) is 6.48. The first-order chi connectivity index (χ1) is 13.8. The summed E-state index contributed by atoms with van der Waals surface area (Å²) in [6.45, 7) is 11.4. The molecule has 2 nitrogen and oxygen atoms in total. The van der Waals surface area contributed by atoms with Crippen LogP contribution in [-0.4, -0.2) is 11.4 Å². The summed E-state index contributed by atoms with van der Waals surface area (Å²) in [6, 6.07) is 9.86. The lowest BCUT2D eigenvalue weighted by molar-refractivity contribution is -0.0736. The second kappa shape index (κ2) is 11.1. The Labute approximate surface area is 177 Å². The van der Waals surface area contributed by atoms with Crippen molar-refractivity contribution in [1.82, 2.24) is 0 Å². The van der Waals surface area contributed by atoms with E-state index in [0.29, 0.717) is 6.61 Å². The number of rotatable bonds is 8. The molecular weight excluding hydrogens is 356 g/mol. The molecule has 0 bridgehead atoms. The van der Waals surface area contributed by atoms with Gasteiger partial charge in [0, 0.05) is 0 Å². The van der Waals surface area contributed by atoms with E-state index in [1.807, 2.05) is 49.4 Å². The van der Waals surface area contributed by atoms with E-state index in [2.05, 4.69) is 45.9 Å². The maximum absolute atomic E-state index is 10.0. The van der Waals surface area contributed by atoms with Gasteiger partial charge < -0.3 is 9.84 Å². The fourth-order valence-corrected chi connectivity index (χ4v) is 3.72. The lowest BCUT2D eigenvalue weighted by Gasteiger charge is -2.32. The number of aliphatic hydroxyl groups is 1. The highest BCUT2D eigenvalue weighted by Crippen LogP contribution is 2.40. The van der Waals surface area contributed by atoms with Gasteiger partial charge in [0.2, 0.25) is 0 Å². The Kier molecular flexibility index (Phi) is 8.88. The van der Waals surface area contributed by atoms with Crippen molar-refractivity contribution in [1.29, 1.82) is 0 Å². The van der Waals surface area contributed by atoms with Gasteiger partial charge in [-0.3, -0.25) is 0 Å². The molecule has 0 heterocycles. The number of benzene rings is 1. The molecule has 0 aromatic heterocycles. The minimum absolute atomic E-state index is 0.268. The molecule has 1 aromatic carbocycles. The highest BCUT2D eigenvalue weighted by Gasteiger charge is 2.26. The van der Waals surface area contributed by atoms with E-state index in [4.69, 9.17) is 4.74 Å². The van der Waals surface area contributed by atoms with Gasteiger partial charge in [-0.2, -0.15) is 0 Å². The molecule has 0 saturated carbocycles. The van der Waals surface area contributed by atoms with E-state index < -0.39 is 6.29 Å². The summed E-state index contributed by atoms with van der Waals surface area (Å²) in [4.78, 5) is 0. The molecule has 2 heteroatoms. The topological polar surface area (TPSA) is 29.5 Å². The van der Waals surface area contributed by atoms with Crippen LogP contribution >= 0.6 is 0 Å². The van der Waals surface area contributed by atoms with Gasteiger partial charge >= 0.3 is 0 Å². The minimum Gasteiger partial charge on any atom is -0.365 e. The number of allylic oxidation sites excluding steroid dienone is 9. The first-order valence-corrected chi connectivity index (χ1v) is 10.5. The van der Waals surface area contributed by atoms with Crippen molar-refractivity contribution in [3.05, 3.63) is 94.6 Å². The minimum atomic E-state index is -0.909. The molecule has 0 aliphatic heterocycles. The van der Waals surface area contributed by atoms with Gasteiger partial charge in [-0.1, -0.05) is 91.3 Å². The molecule has 1 aliphatic rings. The van der Waals surface area contributed by atoms with Crippen LogP contribution in [0.3, 0.4) is 0 Å². The predicted octanol–water partition coefficient (Wildman–Crippen LogP) is 7.05. The third-order valence-electron chi connectivity index (χ3n) is 5.44. The van der Waals surface area contributed by atoms with Gasteiger partial charge in [0.1, 0.15) is 0 Å². The molecule has 1 aromatic rings. The van der Waals surface area contributed by atoms with Crippen molar-refractivity contribution in [2.24, 2.45) is 5.41 Å². The Balaban J connectivity index is 1.89. The van der Waals surface area contributed by atoms with Gasteiger partial charge in [0.15, 0.2) is 6.29 Å². The van der Waals surface area contributed by atoms with Crippen LogP contribution < -0.4 is 0 Å². The van der Waals surface area contributed by atoms with Crippen LogP contribution in [0.25, 0.3) is 0 Å². The van der Waals surface area contributed by atoms with Crippen LogP contribution in [0.15, 0.2) is 89.1 Å². The maximum Gasteiger partial charge on any atom is 0.175 e. The molecule has 1 atom stereocenters. The predicted molar refractivity (Wildman–Crippen MR) is 123 cm³/mol. The zero-order valence-corrected chi connectivity index (χ0v) is 18.6. The quantitative estimate of drug-likeness (QED) is 0.379. The molecule has 2 rings (SSSR count). The van der Waals surface area contributed by atoms with Gasteiger partial charge in [0.05, 0.1) is 6.61 Å². The molecule has 1 N–H and O–H groups in total. The van der Waals surface area contributed by atoms with Crippen molar-refractivity contribution in [2.45, 2.75) is 66.8 Å². The van der Waals surface area contributed by atoms with E-state index in [1.54, 1.807) is 6.08 Å². The number of hydrogen-bond acceptors (Lipinski definition) is 2. The van der Waals surface area contributed by atoms with Crippen molar-refractivity contribution in [3.63, 3.8) is 0 Å². The maximum atomic E-state index is 10.0. The van der Waals surface area contributed by atoms with Gasteiger partial charge in [-0.25, -0.2) is 0 Å². The van der Waals surface area contributed by atoms with Crippen molar-refractivity contribution in [2.75, 3.05) is 0 Å². The Morgan fingerprint density at radius 2 is 1.86 bits per heavy atom. The Morgan fingerprint density at radius 3 is 2.55 bits per heavy atom. The van der Waals surface area contributed by atoms with Crippen LogP contribution in [0.5, 0.6) is 0 Å². The van der Waals surface area contributed by atoms with Crippen molar-refractivity contribution in [3.8, 4) is 0 Å². The van der Waals surface area contributed by atoms with Gasteiger partial charge in [-0.15, -0.1) is 0 Å². The summed E-state index contributed by atoms with van der Waals surface area (Å²) in [5.74, 6) is 0. The summed E-state index contributed by atoms with van der Waals surface area (Å²) in [7, 11) is 0. The standard InChI is InChI=1S/C27H36O2/c1-21(16-17-25-23(3)13-10-18-27(25,4)5)11-9-12-22(2)19-26(28)29-20-24-14-7-6-8-15-24/h6-9,11-12,14-17,19,26,28H,10,13,18,20H2,1-5H3/b12-9+,17-16+,21-11-,22-19-. The van der Waals surface area contributed by atoms with Crippen LogP contribution in [-0.2, 0) is 11.3 Å². The molecule has 0 fully saturated rings. The highest BCUT2D eigenvalue weighted by molar-refractivity contribution is 5.37. The van der Waals surface area contributed by atoms with Gasteiger partial charge in [0.25, 0.3) is 0 Å². The lowest BCUT2D eigenvalue weighted by atomic mass is 9.72. The fourth-order valence-electron chi connectivity index (χ4n) is 3.72. The highest BCUT2D eigenvalue weighted by atomic mass is 16.6. The SMILES string of the molecule is CC1=C(/C=C/C(C)=C\C=C\C(C)=C/C(O)OCc2ccccc2)C(C)(C)CCC1. The van der Waals surface area contributed by atoms with E-state index in [1.165, 1.54) is 36.0 Å². The monoisotopic (exact) mass is 392 g/mol. The number of ether oxygens (including phenoxy) is 1. The molecule has 0 spiro atoms. The molecule has 0 radical (unpaired) electrons. The molecule has 29 heavy (non-hydrogen) atoms. The average Bonchev–Trinajstić information content (AvgIpc) is 2.66. The third-order valence-corrected chi connectivity index (χ3v) is 5.44. The van der Waals surface area contributed by atoms with Crippen molar-refractivity contribution >= 4 is 0 Å². The Bertz CT molecular complexity index is 804. The normalized spacial score (nSPS) is 19.4. The molecule has 1 unspecified atom stereocenters. The zero-order chi connectivity index (χ0) is 21.3. The van der Waals surface area contributed by atoms with Crippen LogP contribution in [0.4, 0.5) is 0 Å². The molecule has 1 aliphatic carbocycles. The largest absolute Gasteiger partial charge is 0.365 e. The zero-order valence-electron chi connectivity index (χ0n) is 18.6. The van der Waals surface area contributed by atoms with E-state index >= 15 is 0 Å². The second-order valence-corrected chi connectivity index (χ2v) is 8.63. The van der Waals surface area contributed by atoms with E-state index in [9.17, 15) is 5.11 Å². The molecule has 0 saturated heterocycles. The van der Waals surface area contributed by atoms with E-state index in [0.717, 1.165) is 11.1 Å². The first-order valence-electron chi connectivity index (χ1n) is 10.5. The first kappa shape index (κ1) is 23.1. The Morgan fingerprint density at radius 1 is 1.14 bits per heavy atom. The van der Waals surface area contributed by atoms with E-state index in [-0.39, 0.29) is 5.41 Å². The van der Waals surface area contributed by atoms with Gasteiger partial charge in [-0.05, 0) is 62.7 Å². The Hall–Kier alpha value is -2.16. The average molecular weight is 393 g/mol. The number of aliphatic hydroxyl groups excluding tert-OH is 1. The van der Waals surface area contributed by atoms with Crippen molar-refractivity contribution < 1.29 is 9.84 Å². The fraction of sp³-hybridized carbons (Fsp3) is 0.407. The lowest BCUT2D eigenvalue weighted by Crippen LogP contribution is -2.19. The second-order valence-electron chi connectivity index (χ2n) is 8.63. The number of hydrogen-bond donors (Lipinski definition) is 1. The third kappa shape index (κ3) is 8.00. The van der Waals surface area contributed by atoms with Crippen LogP contribution in [0.2, 0.25) is 0 Å². The smallest absolute Gasteiger partial charge is 0.175 e.